The van der Waals surface area contributed by atoms with Gasteiger partial charge in [0.25, 0.3) is 0 Å². The van der Waals surface area contributed by atoms with Gasteiger partial charge in [-0.3, -0.25) is 4.79 Å². The molecule has 2 nitrogen and oxygen atoms in total. The Morgan fingerprint density at radius 2 is 1.36 bits per heavy atom. The summed E-state index contributed by atoms with van der Waals surface area (Å²) in [6.07, 6.45) is 15.9. The predicted molar refractivity (Wildman–Crippen MR) is 115 cm³/mol. The minimum absolute atomic E-state index is 0.323. The quantitative estimate of drug-likeness (QED) is 0.222. The van der Waals surface area contributed by atoms with Crippen molar-refractivity contribution in [3.63, 3.8) is 0 Å². The molecule has 1 rings (SSSR count). The molecule has 0 aliphatic carbocycles. The number of aliphatic carboxylic acids is 1. The van der Waals surface area contributed by atoms with Gasteiger partial charge in [-0.15, -0.1) is 0 Å². The van der Waals surface area contributed by atoms with Crippen LogP contribution >= 0.6 is 22.6 Å². The molecular weight excluding hydrogens is 423 g/mol. The molecule has 0 aliphatic rings. The highest BCUT2D eigenvalue weighted by molar-refractivity contribution is 14.1. The maximum absolute atomic E-state index is 10.6. The largest absolute Gasteiger partial charge is 0.481 e. The molecule has 0 saturated carbocycles. The summed E-state index contributed by atoms with van der Waals surface area (Å²) < 4.78 is 1.32. The van der Waals surface area contributed by atoms with Crippen molar-refractivity contribution < 1.29 is 9.90 Å². The van der Waals surface area contributed by atoms with Crippen molar-refractivity contribution >= 4 is 28.6 Å². The van der Waals surface area contributed by atoms with Crippen molar-refractivity contribution in [2.24, 2.45) is 5.92 Å². The van der Waals surface area contributed by atoms with Gasteiger partial charge >= 0.3 is 5.97 Å². The third-order valence-corrected chi connectivity index (χ3v) is 5.57. The van der Waals surface area contributed by atoms with Gasteiger partial charge in [0.05, 0.1) is 0 Å². The average Bonchev–Trinajstić information content (AvgIpc) is 2.57. The lowest BCUT2D eigenvalue weighted by molar-refractivity contribution is -0.138. The Bertz CT molecular complexity index is 456. The fourth-order valence-corrected chi connectivity index (χ4v) is 3.65. The minimum atomic E-state index is -0.661. The molecule has 0 amide bonds. The highest BCUT2D eigenvalue weighted by atomic mass is 127. The van der Waals surface area contributed by atoms with E-state index in [1.807, 2.05) is 6.92 Å². The number of benzene rings is 1. The van der Waals surface area contributed by atoms with Gasteiger partial charge in [0, 0.05) is 9.99 Å². The molecule has 142 valence electrons. The molecule has 0 saturated heterocycles. The summed E-state index contributed by atoms with van der Waals surface area (Å²) in [5, 5.41) is 8.73. The monoisotopic (exact) mass is 458 g/mol. The Morgan fingerprint density at radius 1 is 0.880 bits per heavy atom. The molecule has 0 aromatic heterocycles. The van der Waals surface area contributed by atoms with E-state index in [-0.39, 0.29) is 0 Å². The fourth-order valence-electron chi connectivity index (χ4n) is 3.29. The molecule has 0 fully saturated rings. The highest BCUT2D eigenvalue weighted by Crippen LogP contribution is 2.16. The van der Waals surface area contributed by atoms with E-state index in [1.54, 1.807) is 0 Å². The molecule has 3 heteroatoms. The second-order valence-corrected chi connectivity index (χ2v) is 8.65. The summed E-state index contributed by atoms with van der Waals surface area (Å²) >= 11 is 2.36. The van der Waals surface area contributed by atoms with E-state index in [9.17, 15) is 4.79 Å². The maximum Gasteiger partial charge on any atom is 0.303 e. The summed E-state index contributed by atoms with van der Waals surface area (Å²) in [4.78, 5) is 10.6. The molecule has 0 aliphatic heterocycles. The number of carbonyl (C=O) groups is 1. The lowest BCUT2D eigenvalue weighted by Crippen LogP contribution is -2.03. The number of halogens is 1. The summed E-state index contributed by atoms with van der Waals surface area (Å²) in [7, 11) is 0. The molecular formula is C22H35IO2. The summed E-state index contributed by atoms with van der Waals surface area (Å²) in [5.41, 5.74) is 1.47. The number of rotatable bonds is 15. The minimum Gasteiger partial charge on any atom is -0.481 e. The second kappa shape index (κ2) is 14.6. The van der Waals surface area contributed by atoms with Crippen LogP contribution in [0.2, 0.25) is 0 Å². The normalized spacial score (nSPS) is 12.2. The fraction of sp³-hybridized carbons (Fsp3) is 0.682. The van der Waals surface area contributed by atoms with Gasteiger partial charge in [-0.05, 0) is 59.0 Å². The number of hydrogen-bond acceptors (Lipinski definition) is 1. The van der Waals surface area contributed by atoms with Crippen molar-refractivity contribution in [3.8, 4) is 0 Å². The van der Waals surface area contributed by atoms with Crippen LogP contribution in [0, 0.1) is 9.49 Å². The van der Waals surface area contributed by atoms with E-state index in [2.05, 4.69) is 46.9 Å². The van der Waals surface area contributed by atoms with Crippen molar-refractivity contribution in [1.29, 1.82) is 0 Å². The first-order valence-electron chi connectivity index (χ1n) is 10.0. The Labute approximate surface area is 167 Å². The number of carboxylic acids is 1. The van der Waals surface area contributed by atoms with E-state index in [0.29, 0.717) is 12.3 Å². The van der Waals surface area contributed by atoms with Gasteiger partial charge in [-0.1, -0.05) is 83.3 Å². The third-order valence-electron chi connectivity index (χ3n) is 4.85. The van der Waals surface area contributed by atoms with Crippen LogP contribution in [0.4, 0.5) is 0 Å². The molecule has 0 radical (unpaired) electrons. The number of unbranched alkanes of at least 4 members (excludes halogenated alkanes) is 9. The van der Waals surface area contributed by atoms with Gasteiger partial charge < -0.3 is 5.11 Å². The smallest absolute Gasteiger partial charge is 0.303 e. The molecule has 1 N–H and O–H groups in total. The predicted octanol–water partition coefficient (Wildman–Crippen LogP) is 7.24. The van der Waals surface area contributed by atoms with Crippen LogP contribution in [0.1, 0.15) is 89.5 Å². The standard InChI is InChI=1S/C22H35IO2/c1-19(18-22(24)25)12-10-8-6-4-2-3-5-7-9-11-13-20-14-16-21(23)17-15-20/h14-17,19H,2-13,18H2,1H3,(H,24,25). The van der Waals surface area contributed by atoms with Gasteiger partial charge in [0.2, 0.25) is 0 Å². The molecule has 1 unspecified atom stereocenters. The number of carboxylic acid groups (broad SMARTS) is 1. The molecule has 1 atom stereocenters. The van der Waals surface area contributed by atoms with Crippen LogP contribution in [0.25, 0.3) is 0 Å². The first kappa shape index (κ1) is 22.5. The number of aryl methyl sites for hydroxylation is 1. The molecule has 0 bridgehead atoms. The van der Waals surface area contributed by atoms with Crippen LogP contribution in [-0.2, 0) is 11.2 Å². The average molecular weight is 458 g/mol. The van der Waals surface area contributed by atoms with Crippen molar-refractivity contribution in [2.45, 2.75) is 90.4 Å². The van der Waals surface area contributed by atoms with Crippen molar-refractivity contribution in [2.75, 3.05) is 0 Å². The van der Waals surface area contributed by atoms with E-state index in [1.165, 1.54) is 79.8 Å². The zero-order chi connectivity index (χ0) is 18.3. The Morgan fingerprint density at radius 3 is 1.88 bits per heavy atom. The number of hydrogen-bond donors (Lipinski definition) is 1. The molecule has 1 aromatic rings. The van der Waals surface area contributed by atoms with Gasteiger partial charge in [-0.25, -0.2) is 0 Å². The van der Waals surface area contributed by atoms with E-state index in [0.717, 1.165) is 6.42 Å². The van der Waals surface area contributed by atoms with Crippen molar-refractivity contribution in [3.05, 3.63) is 33.4 Å². The van der Waals surface area contributed by atoms with Crippen LogP contribution in [0.5, 0.6) is 0 Å². The first-order valence-corrected chi connectivity index (χ1v) is 11.1. The van der Waals surface area contributed by atoms with Gasteiger partial charge in [-0.2, -0.15) is 0 Å². The maximum atomic E-state index is 10.6. The highest BCUT2D eigenvalue weighted by Gasteiger charge is 2.06. The van der Waals surface area contributed by atoms with E-state index < -0.39 is 5.97 Å². The summed E-state index contributed by atoms with van der Waals surface area (Å²) in [6.45, 7) is 2.05. The van der Waals surface area contributed by atoms with Crippen LogP contribution in [0.15, 0.2) is 24.3 Å². The van der Waals surface area contributed by atoms with Crippen LogP contribution < -0.4 is 0 Å². The molecule has 0 heterocycles. The Hall–Kier alpha value is -0.580. The third kappa shape index (κ3) is 13.3. The first-order chi connectivity index (χ1) is 12.1. The van der Waals surface area contributed by atoms with Gasteiger partial charge in [0.1, 0.15) is 0 Å². The molecule has 1 aromatic carbocycles. The van der Waals surface area contributed by atoms with Crippen LogP contribution in [0.3, 0.4) is 0 Å². The van der Waals surface area contributed by atoms with Gasteiger partial charge in [0.15, 0.2) is 0 Å². The molecule has 25 heavy (non-hydrogen) atoms. The van der Waals surface area contributed by atoms with Crippen LogP contribution in [-0.4, -0.2) is 11.1 Å². The Balaban J connectivity index is 1.81. The summed E-state index contributed by atoms with van der Waals surface area (Å²) in [5.74, 6) is -0.331. The van der Waals surface area contributed by atoms with E-state index in [4.69, 9.17) is 5.11 Å². The van der Waals surface area contributed by atoms with Crippen molar-refractivity contribution in [1.82, 2.24) is 0 Å². The zero-order valence-corrected chi connectivity index (χ0v) is 18.0. The SMILES string of the molecule is CC(CCCCCCCCCCCCc1ccc(I)cc1)CC(=O)O. The Kier molecular flexibility index (Phi) is 13.1. The topological polar surface area (TPSA) is 37.3 Å². The lowest BCUT2D eigenvalue weighted by atomic mass is 9.99. The van der Waals surface area contributed by atoms with E-state index >= 15 is 0 Å². The lowest BCUT2D eigenvalue weighted by Gasteiger charge is -2.08. The second-order valence-electron chi connectivity index (χ2n) is 7.40. The molecule has 0 spiro atoms. The summed E-state index contributed by atoms with van der Waals surface area (Å²) in [6, 6.07) is 8.90. The zero-order valence-electron chi connectivity index (χ0n) is 15.8.